The lowest BCUT2D eigenvalue weighted by atomic mass is 10.1. The zero-order valence-corrected chi connectivity index (χ0v) is 17.6. The van der Waals surface area contributed by atoms with Gasteiger partial charge in [-0.05, 0) is 50.2 Å². The molecule has 0 saturated heterocycles. The van der Waals surface area contributed by atoms with E-state index in [0.29, 0.717) is 17.2 Å². The van der Waals surface area contributed by atoms with E-state index in [-0.39, 0.29) is 11.8 Å². The number of non-ortho nitro benzene ring substituents is 1. The highest BCUT2D eigenvalue weighted by Gasteiger charge is 2.10. The van der Waals surface area contributed by atoms with E-state index >= 15 is 0 Å². The Kier molecular flexibility index (Phi) is 6.03. The molecule has 4 aromatic rings. The highest BCUT2D eigenvalue weighted by Crippen LogP contribution is 2.26. The SMILES string of the molecule is CC(C)Oc1ccc(-c2nc(NN=Cc3cccc([N+](=O)[O-])c3)c3ccccc3n2)cc1. The van der Waals surface area contributed by atoms with Crippen LogP contribution in [0.5, 0.6) is 5.75 Å². The molecule has 0 atom stereocenters. The van der Waals surface area contributed by atoms with Crippen LogP contribution >= 0.6 is 0 Å². The summed E-state index contributed by atoms with van der Waals surface area (Å²) in [7, 11) is 0. The second kappa shape index (κ2) is 9.22. The highest BCUT2D eigenvalue weighted by atomic mass is 16.6. The van der Waals surface area contributed by atoms with E-state index in [1.54, 1.807) is 12.1 Å². The van der Waals surface area contributed by atoms with E-state index < -0.39 is 4.92 Å². The second-order valence-electron chi connectivity index (χ2n) is 7.33. The number of hydrogen-bond donors (Lipinski definition) is 1. The summed E-state index contributed by atoms with van der Waals surface area (Å²) in [6.07, 6.45) is 1.61. The van der Waals surface area contributed by atoms with Crippen LogP contribution in [0.4, 0.5) is 11.5 Å². The lowest BCUT2D eigenvalue weighted by molar-refractivity contribution is -0.384. The Labute approximate surface area is 184 Å². The third kappa shape index (κ3) is 4.86. The van der Waals surface area contributed by atoms with Gasteiger partial charge in [-0.3, -0.25) is 15.5 Å². The van der Waals surface area contributed by atoms with Gasteiger partial charge in [-0.1, -0.05) is 24.3 Å². The third-order valence-electron chi connectivity index (χ3n) is 4.55. The molecule has 0 aliphatic carbocycles. The van der Waals surface area contributed by atoms with Gasteiger partial charge in [0.2, 0.25) is 0 Å². The van der Waals surface area contributed by atoms with E-state index in [1.807, 2.05) is 62.4 Å². The number of aromatic nitrogens is 2. The average Bonchev–Trinajstić information content (AvgIpc) is 2.79. The van der Waals surface area contributed by atoms with Crippen LogP contribution in [0.15, 0.2) is 77.9 Å². The number of nitrogens with one attached hydrogen (secondary N) is 1. The molecule has 0 aliphatic rings. The Morgan fingerprint density at radius 2 is 1.81 bits per heavy atom. The minimum atomic E-state index is -0.438. The third-order valence-corrected chi connectivity index (χ3v) is 4.55. The zero-order chi connectivity index (χ0) is 22.5. The monoisotopic (exact) mass is 427 g/mol. The van der Waals surface area contributed by atoms with E-state index in [4.69, 9.17) is 4.74 Å². The minimum Gasteiger partial charge on any atom is -0.491 e. The molecular formula is C24H21N5O3. The quantitative estimate of drug-likeness (QED) is 0.239. The first-order valence-electron chi connectivity index (χ1n) is 10.1. The van der Waals surface area contributed by atoms with Crippen LogP contribution in [-0.2, 0) is 0 Å². The standard InChI is InChI=1S/C24H21N5O3/c1-16(2)32-20-12-10-18(11-13-20)23-26-22-9-4-3-8-21(22)24(27-23)28-25-15-17-6-5-7-19(14-17)29(30)31/h3-16H,1-2H3,(H,26,27,28). The number of nitro benzene ring substituents is 1. The Morgan fingerprint density at radius 1 is 1.03 bits per heavy atom. The van der Waals surface area contributed by atoms with Crippen LogP contribution < -0.4 is 10.2 Å². The fraction of sp³-hybridized carbons (Fsp3) is 0.125. The molecule has 0 bridgehead atoms. The first-order valence-corrected chi connectivity index (χ1v) is 10.1. The van der Waals surface area contributed by atoms with Gasteiger partial charge in [0.15, 0.2) is 11.6 Å². The Morgan fingerprint density at radius 3 is 2.56 bits per heavy atom. The number of anilines is 1. The summed E-state index contributed by atoms with van der Waals surface area (Å²) in [5.74, 6) is 1.87. The van der Waals surface area contributed by atoms with Crippen molar-refractivity contribution in [2.75, 3.05) is 5.43 Å². The number of ether oxygens (including phenoxy) is 1. The molecule has 0 amide bonds. The van der Waals surface area contributed by atoms with E-state index in [1.165, 1.54) is 18.3 Å². The number of para-hydroxylation sites is 1. The molecule has 1 aromatic heterocycles. The summed E-state index contributed by atoms with van der Waals surface area (Å²) in [4.78, 5) is 19.9. The number of hydrogen-bond acceptors (Lipinski definition) is 7. The van der Waals surface area contributed by atoms with Crippen LogP contribution in [-0.4, -0.2) is 27.2 Å². The van der Waals surface area contributed by atoms with Gasteiger partial charge in [-0.25, -0.2) is 9.97 Å². The molecule has 0 fully saturated rings. The molecule has 0 radical (unpaired) electrons. The molecule has 32 heavy (non-hydrogen) atoms. The van der Waals surface area contributed by atoms with Crippen molar-refractivity contribution in [3.05, 3.63) is 88.5 Å². The number of nitro groups is 1. The van der Waals surface area contributed by atoms with Crippen molar-refractivity contribution in [2.24, 2.45) is 5.10 Å². The molecular weight excluding hydrogens is 406 g/mol. The number of fused-ring (bicyclic) bond motifs is 1. The summed E-state index contributed by atoms with van der Waals surface area (Å²) < 4.78 is 5.70. The first kappa shape index (κ1) is 20.9. The molecule has 1 heterocycles. The van der Waals surface area contributed by atoms with Crippen molar-refractivity contribution >= 4 is 28.6 Å². The number of hydrazone groups is 1. The van der Waals surface area contributed by atoms with Crippen LogP contribution in [0.1, 0.15) is 19.4 Å². The summed E-state index contributed by atoms with van der Waals surface area (Å²) in [5.41, 5.74) is 5.18. The van der Waals surface area contributed by atoms with Crippen LogP contribution in [0.3, 0.4) is 0 Å². The van der Waals surface area contributed by atoms with Gasteiger partial charge in [0.25, 0.3) is 5.69 Å². The van der Waals surface area contributed by atoms with Crippen LogP contribution in [0.25, 0.3) is 22.3 Å². The molecule has 8 heteroatoms. The maximum absolute atomic E-state index is 11.0. The fourth-order valence-electron chi connectivity index (χ4n) is 3.13. The Balaban J connectivity index is 1.64. The largest absolute Gasteiger partial charge is 0.491 e. The van der Waals surface area contributed by atoms with Gasteiger partial charge in [-0.15, -0.1) is 0 Å². The maximum atomic E-state index is 11.0. The zero-order valence-electron chi connectivity index (χ0n) is 17.6. The van der Waals surface area contributed by atoms with Crippen molar-refractivity contribution in [3.63, 3.8) is 0 Å². The van der Waals surface area contributed by atoms with Crippen molar-refractivity contribution < 1.29 is 9.66 Å². The molecule has 4 rings (SSSR count). The van der Waals surface area contributed by atoms with Crippen molar-refractivity contribution in [1.82, 2.24) is 9.97 Å². The summed E-state index contributed by atoms with van der Waals surface area (Å²) in [6, 6.07) is 21.5. The topological polar surface area (TPSA) is 103 Å². The lowest BCUT2D eigenvalue weighted by Crippen LogP contribution is -2.05. The second-order valence-corrected chi connectivity index (χ2v) is 7.33. The lowest BCUT2D eigenvalue weighted by Gasteiger charge is -2.11. The smallest absolute Gasteiger partial charge is 0.270 e. The van der Waals surface area contributed by atoms with E-state index in [9.17, 15) is 10.1 Å². The van der Waals surface area contributed by atoms with Gasteiger partial charge in [0.1, 0.15) is 5.75 Å². The molecule has 160 valence electrons. The molecule has 0 unspecified atom stereocenters. The molecule has 0 spiro atoms. The minimum absolute atomic E-state index is 0.00798. The van der Waals surface area contributed by atoms with Crippen LogP contribution in [0.2, 0.25) is 0 Å². The molecule has 3 aromatic carbocycles. The number of rotatable bonds is 7. The predicted octanol–water partition coefficient (Wildman–Crippen LogP) is 5.44. The first-order chi connectivity index (χ1) is 15.5. The Bertz CT molecular complexity index is 1290. The molecule has 8 nitrogen and oxygen atoms in total. The van der Waals surface area contributed by atoms with E-state index in [2.05, 4.69) is 20.5 Å². The van der Waals surface area contributed by atoms with E-state index in [0.717, 1.165) is 22.2 Å². The highest BCUT2D eigenvalue weighted by molar-refractivity contribution is 5.91. The van der Waals surface area contributed by atoms with Crippen molar-refractivity contribution in [3.8, 4) is 17.1 Å². The number of nitrogens with zero attached hydrogens (tertiary/aromatic N) is 4. The van der Waals surface area contributed by atoms with Gasteiger partial charge in [0, 0.05) is 28.6 Å². The number of benzene rings is 3. The van der Waals surface area contributed by atoms with Gasteiger partial charge in [0.05, 0.1) is 22.8 Å². The summed E-state index contributed by atoms with van der Waals surface area (Å²) >= 11 is 0. The van der Waals surface area contributed by atoms with Crippen molar-refractivity contribution in [2.45, 2.75) is 20.0 Å². The van der Waals surface area contributed by atoms with Gasteiger partial charge >= 0.3 is 0 Å². The predicted molar refractivity (Wildman–Crippen MR) is 125 cm³/mol. The summed E-state index contributed by atoms with van der Waals surface area (Å²) in [6.45, 7) is 3.96. The van der Waals surface area contributed by atoms with Crippen LogP contribution in [0, 0.1) is 10.1 Å². The van der Waals surface area contributed by atoms with Gasteiger partial charge < -0.3 is 4.74 Å². The van der Waals surface area contributed by atoms with Crippen molar-refractivity contribution in [1.29, 1.82) is 0 Å². The maximum Gasteiger partial charge on any atom is 0.270 e. The summed E-state index contributed by atoms with van der Waals surface area (Å²) in [5, 5.41) is 16.0. The fourth-order valence-corrected chi connectivity index (χ4v) is 3.13. The molecule has 0 saturated carbocycles. The molecule has 0 aliphatic heterocycles. The molecule has 1 N–H and O–H groups in total. The average molecular weight is 427 g/mol. The normalized spacial score (nSPS) is 11.2. The van der Waals surface area contributed by atoms with Gasteiger partial charge in [-0.2, -0.15) is 5.10 Å². The Hall–Kier alpha value is -4.33.